The Kier molecular flexibility index (Phi) is 12.8. The van der Waals surface area contributed by atoms with Crippen LogP contribution in [-0.4, -0.2) is 84.6 Å². The van der Waals surface area contributed by atoms with Gasteiger partial charge in [-0.05, 0) is 106 Å². The number of carbonyl (C=O) groups is 1. The van der Waals surface area contributed by atoms with Crippen molar-refractivity contribution in [1.82, 2.24) is 14.5 Å². The number of anilines is 1. The molecule has 2 aromatic rings. The van der Waals surface area contributed by atoms with Crippen molar-refractivity contribution in [1.29, 1.82) is 0 Å². The van der Waals surface area contributed by atoms with Gasteiger partial charge in [-0.15, -0.1) is 0 Å². The third-order valence-electron chi connectivity index (χ3n) is 10.3. The van der Waals surface area contributed by atoms with Crippen LogP contribution in [0.25, 0.3) is 0 Å². The number of benzene rings is 2. The second kappa shape index (κ2) is 16.8. The van der Waals surface area contributed by atoms with E-state index in [4.69, 9.17) is 16.3 Å². The van der Waals surface area contributed by atoms with E-state index in [9.17, 15) is 9.00 Å². The molecule has 2 fully saturated rings. The first-order valence-corrected chi connectivity index (χ1v) is 19.3. The molecule has 0 aromatic heterocycles. The molecule has 1 saturated carbocycles. The lowest BCUT2D eigenvalue weighted by atomic mass is 9.66. The van der Waals surface area contributed by atoms with Gasteiger partial charge in [0, 0.05) is 67.6 Å². The highest BCUT2D eigenvalue weighted by atomic mass is 35.5. The Labute approximate surface area is 290 Å². The van der Waals surface area contributed by atoms with Crippen molar-refractivity contribution in [3.63, 3.8) is 0 Å². The first-order valence-electron chi connectivity index (χ1n) is 17.8. The second-order valence-electron chi connectivity index (χ2n) is 14.1. The number of carbonyl (C=O) groups excluding carboxylic acids is 1. The molecule has 2 aromatic carbocycles. The van der Waals surface area contributed by atoms with E-state index in [1.807, 2.05) is 32.0 Å². The molecule has 3 aliphatic rings. The van der Waals surface area contributed by atoms with Gasteiger partial charge in [0.2, 0.25) is 0 Å². The van der Waals surface area contributed by atoms with E-state index in [0.29, 0.717) is 29.9 Å². The van der Waals surface area contributed by atoms with Gasteiger partial charge in [0.25, 0.3) is 5.91 Å². The van der Waals surface area contributed by atoms with Crippen LogP contribution < -0.4 is 14.4 Å². The van der Waals surface area contributed by atoms with Crippen molar-refractivity contribution in [2.75, 3.05) is 64.4 Å². The van der Waals surface area contributed by atoms with Crippen LogP contribution in [0.2, 0.25) is 5.02 Å². The fourth-order valence-corrected chi connectivity index (χ4v) is 8.10. The van der Waals surface area contributed by atoms with E-state index in [-0.39, 0.29) is 17.1 Å². The molecular weight excluding hydrogens is 628 g/mol. The van der Waals surface area contributed by atoms with E-state index in [1.54, 1.807) is 6.07 Å². The summed E-state index contributed by atoms with van der Waals surface area (Å²) in [5.41, 5.74) is 4.04. The van der Waals surface area contributed by atoms with E-state index < -0.39 is 11.0 Å². The number of aryl methyl sites for hydroxylation is 1. The van der Waals surface area contributed by atoms with Gasteiger partial charge in [0.1, 0.15) is 16.7 Å². The molecule has 1 saturated heterocycles. The maximum absolute atomic E-state index is 13.2. The summed E-state index contributed by atoms with van der Waals surface area (Å²) < 4.78 is 21.7. The van der Waals surface area contributed by atoms with Gasteiger partial charge in [-0.3, -0.25) is 9.52 Å². The van der Waals surface area contributed by atoms with E-state index in [2.05, 4.69) is 64.6 Å². The fraction of sp³-hybridized carbons (Fsp3) is 0.605. The molecule has 0 radical (unpaired) electrons. The molecule has 258 valence electrons. The molecule has 1 N–H and O–H groups in total. The molecule has 0 bridgehead atoms. The summed E-state index contributed by atoms with van der Waals surface area (Å²) in [6.07, 6.45) is 10.4. The highest BCUT2D eigenvalue weighted by Crippen LogP contribution is 2.44. The van der Waals surface area contributed by atoms with Crippen LogP contribution in [0.15, 0.2) is 48.6 Å². The van der Waals surface area contributed by atoms with Crippen molar-refractivity contribution >= 4 is 34.2 Å². The van der Waals surface area contributed by atoms with Crippen LogP contribution >= 0.6 is 11.6 Å². The molecule has 1 amide bonds. The Morgan fingerprint density at radius 2 is 1.89 bits per heavy atom. The number of likely N-dealkylation sites (N-methyl/N-ethyl adjacent to an activating group) is 1. The van der Waals surface area contributed by atoms with E-state index in [1.165, 1.54) is 24.0 Å². The molecule has 2 aliphatic heterocycles. The first-order chi connectivity index (χ1) is 22.7. The number of nitrogens with zero attached hydrogens (tertiary/aromatic N) is 3. The predicted octanol–water partition coefficient (Wildman–Crippen LogP) is 6.93. The van der Waals surface area contributed by atoms with Crippen molar-refractivity contribution < 1.29 is 13.7 Å². The minimum Gasteiger partial charge on any atom is -0.491 e. The average Bonchev–Trinajstić information content (AvgIpc) is 3.22. The number of piperazine rings is 1. The molecule has 7 nitrogen and oxygen atoms in total. The lowest BCUT2D eigenvalue weighted by Crippen LogP contribution is -2.49. The van der Waals surface area contributed by atoms with Gasteiger partial charge in [0.15, 0.2) is 0 Å². The number of fused-ring (bicyclic) bond motifs is 1. The quantitative estimate of drug-likeness (QED) is 0.231. The average molecular weight is 683 g/mol. The van der Waals surface area contributed by atoms with Gasteiger partial charge in [0.05, 0.1) is 12.3 Å². The van der Waals surface area contributed by atoms with Gasteiger partial charge in [-0.25, -0.2) is 4.21 Å². The predicted molar refractivity (Wildman–Crippen MR) is 196 cm³/mol. The summed E-state index contributed by atoms with van der Waals surface area (Å²) in [5, 5.41) is 0.610. The monoisotopic (exact) mass is 682 g/mol. The number of ether oxygens (including phenoxy) is 1. The Morgan fingerprint density at radius 3 is 2.57 bits per heavy atom. The molecule has 1 aliphatic carbocycles. The topological polar surface area (TPSA) is 65.1 Å². The van der Waals surface area contributed by atoms with Crippen LogP contribution in [0.5, 0.6) is 5.75 Å². The molecular formula is C38H55ClN4O3S. The normalized spacial score (nSPS) is 23.6. The molecule has 2 heterocycles. The highest BCUT2D eigenvalue weighted by molar-refractivity contribution is 7.84. The van der Waals surface area contributed by atoms with Gasteiger partial charge in [-0.1, -0.05) is 50.1 Å². The maximum atomic E-state index is 13.2. The first kappa shape index (κ1) is 35.9. The number of hydrogen-bond donors (Lipinski definition) is 1. The molecule has 47 heavy (non-hydrogen) atoms. The highest BCUT2D eigenvalue weighted by Gasteiger charge is 2.39. The number of halogens is 1. The summed E-state index contributed by atoms with van der Waals surface area (Å²) in [7, 11) is 0.778. The maximum Gasteiger partial charge on any atom is 0.263 e. The second-order valence-corrected chi connectivity index (χ2v) is 16.2. The van der Waals surface area contributed by atoms with Crippen molar-refractivity contribution in [3.05, 3.63) is 70.3 Å². The zero-order valence-corrected chi connectivity index (χ0v) is 30.6. The lowest BCUT2D eigenvalue weighted by molar-refractivity contribution is 0.0804. The Bertz CT molecular complexity index is 1410. The van der Waals surface area contributed by atoms with Gasteiger partial charge < -0.3 is 19.4 Å². The van der Waals surface area contributed by atoms with Gasteiger partial charge >= 0.3 is 0 Å². The van der Waals surface area contributed by atoms with Crippen LogP contribution in [0.4, 0.5) is 5.69 Å². The van der Waals surface area contributed by atoms with Crippen LogP contribution in [0.1, 0.15) is 80.8 Å². The zero-order valence-electron chi connectivity index (χ0n) is 29.1. The summed E-state index contributed by atoms with van der Waals surface area (Å²) >= 11 is 6.47. The number of nitrogens with one attached hydrogen (secondary N) is 1. The third-order valence-corrected chi connectivity index (χ3v) is 11.8. The van der Waals surface area contributed by atoms with Crippen LogP contribution in [-0.2, 0) is 17.4 Å². The summed E-state index contributed by atoms with van der Waals surface area (Å²) in [4.78, 5) is 20.8. The van der Waals surface area contributed by atoms with Crippen molar-refractivity contribution in [3.8, 4) is 5.75 Å². The molecule has 5 unspecified atom stereocenters. The summed E-state index contributed by atoms with van der Waals surface area (Å²) in [5.74, 6) is 2.34. The van der Waals surface area contributed by atoms with E-state index >= 15 is 0 Å². The summed E-state index contributed by atoms with van der Waals surface area (Å²) in [6, 6.07) is 12.0. The zero-order chi connectivity index (χ0) is 33.5. The minimum absolute atomic E-state index is 0.159. The molecule has 5 atom stereocenters. The Balaban J connectivity index is 1.43. The van der Waals surface area contributed by atoms with Crippen LogP contribution in [0.3, 0.4) is 0 Å². The summed E-state index contributed by atoms with van der Waals surface area (Å²) in [6.45, 7) is 16.0. The van der Waals surface area contributed by atoms with E-state index in [0.717, 1.165) is 81.5 Å². The molecule has 0 spiro atoms. The Morgan fingerprint density at radius 1 is 1.11 bits per heavy atom. The number of rotatable bonds is 13. The molecule has 5 rings (SSSR count). The lowest BCUT2D eigenvalue weighted by Gasteiger charge is -2.46. The Hall–Kier alpha value is -2.39. The van der Waals surface area contributed by atoms with Crippen LogP contribution in [0, 0.1) is 17.8 Å². The smallest absolute Gasteiger partial charge is 0.263 e. The molecule has 9 heteroatoms. The minimum atomic E-state index is -1.44. The standard InChI is InChI=1S/C38H55ClN4O3S/c1-6-8-10-30(23-42-19-17-41(5)18-20-42)35-14-11-31(35)24-43-25-32(34-15-13-33(39)21-28(34)9-7-2)26-46-37-16-12-29(22-36(37)43)38(44)40-47(45)27(3)4/h8,10,12-13,15-16,21-22,27,30-32,35H,6-7,9,11,14,17-20,23-26H2,1-5H3,(H,40,44)/b10-8+. The SMILES string of the molecule is CC/C=C/C(CN1CCN(C)CC1)C1CCC1CN1CC(c2ccc(Cl)cc2CCC)COc2ccc(C(=O)NS(=O)C(C)C)cc21. The number of amides is 1. The van der Waals surface area contributed by atoms with Crippen molar-refractivity contribution in [2.24, 2.45) is 17.8 Å². The van der Waals surface area contributed by atoms with Crippen molar-refractivity contribution in [2.45, 2.75) is 71.0 Å². The van der Waals surface area contributed by atoms with Gasteiger partial charge in [-0.2, -0.15) is 0 Å². The largest absolute Gasteiger partial charge is 0.491 e. The third kappa shape index (κ3) is 9.20. The number of allylic oxidation sites excluding steroid dienone is 1. The fourth-order valence-electron chi connectivity index (χ4n) is 7.37. The number of hydrogen-bond acceptors (Lipinski definition) is 6.